The Kier molecular flexibility index (Phi) is 2.72. The molecule has 0 amide bonds. The van der Waals surface area contributed by atoms with E-state index in [-0.39, 0.29) is 0 Å². The summed E-state index contributed by atoms with van der Waals surface area (Å²) in [7, 11) is 0. The van der Waals surface area contributed by atoms with Gasteiger partial charge in [-0.05, 0) is 49.2 Å². The Bertz CT molecular complexity index is 774. The normalized spacial score (nSPS) is 11.1. The summed E-state index contributed by atoms with van der Waals surface area (Å²) in [6, 6.07) is 11.8. The van der Waals surface area contributed by atoms with Gasteiger partial charge in [0, 0.05) is 5.69 Å². The first-order valence-corrected chi connectivity index (χ1v) is 6.46. The molecule has 96 valence electrons. The molecule has 0 aliphatic rings. The average Bonchev–Trinajstić information content (AvgIpc) is 2.70. The van der Waals surface area contributed by atoms with E-state index in [1.807, 2.05) is 28.8 Å². The summed E-state index contributed by atoms with van der Waals surface area (Å²) in [4.78, 5) is 4.36. The monoisotopic (exact) mass is 271 g/mol. The predicted molar refractivity (Wildman–Crippen MR) is 80.0 cm³/mol. The first kappa shape index (κ1) is 12.1. The van der Waals surface area contributed by atoms with E-state index in [0.717, 1.165) is 16.7 Å². The van der Waals surface area contributed by atoms with Crippen LogP contribution in [0.3, 0.4) is 0 Å². The molecule has 0 unspecified atom stereocenters. The smallest absolute Gasteiger partial charge is 0.205 e. The van der Waals surface area contributed by atoms with Crippen LogP contribution in [0.1, 0.15) is 11.1 Å². The fraction of sp³-hybridized carbons (Fsp3) is 0.133. The second-order valence-electron chi connectivity index (χ2n) is 4.68. The molecule has 0 fully saturated rings. The van der Waals surface area contributed by atoms with Crippen molar-refractivity contribution in [1.82, 2.24) is 9.55 Å². The Hall–Kier alpha value is -2.00. The van der Waals surface area contributed by atoms with E-state index >= 15 is 0 Å². The molecule has 2 N–H and O–H groups in total. The van der Waals surface area contributed by atoms with Crippen LogP contribution in [-0.2, 0) is 0 Å². The van der Waals surface area contributed by atoms with Gasteiger partial charge in [-0.2, -0.15) is 0 Å². The molecule has 0 radical (unpaired) electrons. The molecule has 0 aliphatic heterocycles. The van der Waals surface area contributed by atoms with E-state index in [4.69, 9.17) is 17.3 Å². The molecule has 0 bridgehead atoms. The van der Waals surface area contributed by atoms with Gasteiger partial charge in [-0.3, -0.25) is 4.57 Å². The van der Waals surface area contributed by atoms with Gasteiger partial charge < -0.3 is 5.73 Å². The molecule has 19 heavy (non-hydrogen) atoms. The minimum absolute atomic E-state index is 0.450. The maximum Gasteiger partial charge on any atom is 0.205 e. The van der Waals surface area contributed by atoms with E-state index in [0.29, 0.717) is 11.0 Å². The summed E-state index contributed by atoms with van der Waals surface area (Å²) >= 11 is 6.28. The van der Waals surface area contributed by atoms with Crippen LogP contribution in [0.2, 0.25) is 5.02 Å². The highest BCUT2D eigenvalue weighted by atomic mass is 35.5. The number of anilines is 1. The van der Waals surface area contributed by atoms with Crippen molar-refractivity contribution >= 4 is 28.6 Å². The quantitative estimate of drug-likeness (QED) is 0.730. The topological polar surface area (TPSA) is 43.8 Å². The number of imidazole rings is 1. The Balaban J connectivity index is 2.35. The highest BCUT2D eigenvalue weighted by Gasteiger charge is 2.13. The van der Waals surface area contributed by atoms with Gasteiger partial charge in [-0.25, -0.2) is 4.98 Å². The molecule has 0 saturated carbocycles. The van der Waals surface area contributed by atoms with Crippen molar-refractivity contribution in [3.8, 4) is 5.69 Å². The number of nitrogens with two attached hydrogens (primary N) is 1. The predicted octanol–water partition coefficient (Wildman–Crippen LogP) is 3.88. The molecule has 3 rings (SSSR count). The molecule has 3 nitrogen and oxygen atoms in total. The van der Waals surface area contributed by atoms with Crippen LogP contribution in [0.5, 0.6) is 0 Å². The molecular weight excluding hydrogens is 258 g/mol. The number of nitrogens with zero attached hydrogens (tertiary/aromatic N) is 2. The maximum absolute atomic E-state index is 6.28. The SMILES string of the molecule is Cc1ccc(-n2c(N)nc3cccc(Cl)c32)cc1C. The molecular formula is C15H14ClN3. The van der Waals surface area contributed by atoms with Crippen LogP contribution in [0.15, 0.2) is 36.4 Å². The van der Waals surface area contributed by atoms with E-state index < -0.39 is 0 Å². The zero-order valence-corrected chi connectivity index (χ0v) is 11.6. The highest BCUT2D eigenvalue weighted by molar-refractivity contribution is 6.35. The van der Waals surface area contributed by atoms with Crippen LogP contribution in [0.4, 0.5) is 5.95 Å². The zero-order valence-electron chi connectivity index (χ0n) is 10.8. The fourth-order valence-electron chi connectivity index (χ4n) is 2.23. The Morgan fingerprint density at radius 3 is 2.63 bits per heavy atom. The fourth-order valence-corrected chi connectivity index (χ4v) is 2.48. The van der Waals surface area contributed by atoms with Crippen LogP contribution >= 0.6 is 11.6 Å². The Labute approximate surface area is 116 Å². The number of benzene rings is 2. The van der Waals surface area contributed by atoms with Gasteiger partial charge >= 0.3 is 0 Å². The van der Waals surface area contributed by atoms with Crippen LogP contribution in [-0.4, -0.2) is 9.55 Å². The van der Waals surface area contributed by atoms with Gasteiger partial charge in [0.2, 0.25) is 5.95 Å². The Morgan fingerprint density at radius 2 is 1.89 bits per heavy atom. The van der Waals surface area contributed by atoms with Crippen LogP contribution < -0.4 is 5.73 Å². The summed E-state index contributed by atoms with van der Waals surface area (Å²) in [6.45, 7) is 4.16. The van der Waals surface area contributed by atoms with E-state index in [1.54, 1.807) is 0 Å². The summed E-state index contributed by atoms with van der Waals surface area (Å²) in [5.41, 5.74) is 11.1. The first-order valence-electron chi connectivity index (χ1n) is 6.08. The molecule has 3 aromatic rings. The number of halogens is 1. The lowest BCUT2D eigenvalue weighted by Gasteiger charge is -2.09. The van der Waals surface area contributed by atoms with Crippen molar-refractivity contribution in [2.24, 2.45) is 0 Å². The van der Waals surface area contributed by atoms with E-state index in [2.05, 4.69) is 31.0 Å². The molecule has 0 aliphatic carbocycles. The third-order valence-corrected chi connectivity index (χ3v) is 3.71. The van der Waals surface area contributed by atoms with Crippen molar-refractivity contribution in [3.05, 3.63) is 52.5 Å². The molecule has 1 heterocycles. The minimum atomic E-state index is 0.450. The number of aryl methyl sites for hydroxylation is 2. The summed E-state index contributed by atoms with van der Waals surface area (Å²) in [6.07, 6.45) is 0. The molecule has 1 aromatic heterocycles. The molecule has 2 aromatic carbocycles. The standard InChI is InChI=1S/C15H14ClN3/c1-9-6-7-11(8-10(9)2)19-14-12(16)4-3-5-13(14)18-15(19)17/h3-8H,1-2H3,(H2,17,18). The van der Waals surface area contributed by atoms with Crippen molar-refractivity contribution in [2.45, 2.75) is 13.8 Å². The zero-order chi connectivity index (χ0) is 13.6. The lowest BCUT2D eigenvalue weighted by atomic mass is 10.1. The number of aromatic nitrogens is 2. The number of nitrogen functional groups attached to an aromatic ring is 1. The molecule has 0 spiro atoms. The maximum atomic E-state index is 6.28. The second kappa shape index (κ2) is 4.28. The number of fused-ring (bicyclic) bond motifs is 1. The summed E-state index contributed by atoms with van der Waals surface area (Å²) < 4.78 is 1.89. The first-order chi connectivity index (χ1) is 9.08. The van der Waals surface area contributed by atoms with Crippen molar-refractivity contribution in [1.29, 1.82) is 0 Å². The van der Waals surface area contributed by atoms with Crippen molar-refractivity contribution in [2.75, 3.05) is 5.73 Å². The number of rotatable bonds is 1. The molecule has 4 heteroatoms. The average molecular weight is 272 g/mol. The highest BCUT2D eigenvalue weighted by Crippen LogP contribution is 2.29. The second-order valence-corrected chi connectivity index (χ2v) is 5.09. The Morgan fingerprint density at radius 1 is 1.11 bits per heavy atom. The van der Waals surface area contributed by atoms with Crippen LogP contribution in [0, 0.1) is 13.8 Å². The van der Waals surface area contributed by atoms with Gasteiger partial charge in [0.15, 0.2) is 0 Å². The molecule has 0 saturated heterocycles. The van der Waals surface area contributed by atoms with Gasteiger partial charge in [0.1, 0.15) is 0 Å². The summed E-state index contributed by atoms with van der Waals surface area (Å²) in [5.74, 6) is 0.450. The lowest BCUT2D eigenvalue weighted by molar-refractivity contribution is 1.10. The third kappa shape index (κ3) is 1.87. The van der Waals surface area contributed by atoms with E-state index in [1.165, 1.54) is 11.1 Å². The van der Waals surface area contributed by atoms with Gasteiger partial charge in [0.25, 0.3) is 0 Å². The van der Waals surface area contributed by atoms with Crippen LogP contribution in [0.25, 0.3) is 16.7 Å². The molecule has 0 atom stereocenters. The largest absolute Gasteiger partial charge is 0.369 e. The van der Waals surface area contributed by atoms with Crippen molar-refractivity contribution in [3.63, 3.8) is 0 Å². The van der Waals surface area contributed by atoms with Gasteiger partial charge in [0.05, 0.1) is 16.1 Å². The minimum Gasteiger partial charge on any atom is -0.369 e. The number of hydrogen-bond donors (Lipinski definition) is 1. The summed E-state index contributed by atoms with van der Waals surface area (Å²) in [5, 5.41) is 0.653. The number of hydrogen-bond acceptors (Lipinski definition) is 2. The van der Waals surface area contributed by atoms with Gasteiger partial charge in [-0.15, -0.1) is 0 Å². The van der Waals surface area contributed by atoms with Crippen molar-refractivity contribution < 1.29 is 0 Å². The lowest BCUT2D eigenvalue weighted by Crippen LogP contribution is -2.01. The van der Waals surface area contributed by atoms with Gasteiger partial charge in [-0.1, -0.05) is 23.7 Å². The number of para-hydroxylation sites is 1. The third-order valence-electron chi connectivity index (χ3n) is 3.40. The van der Waals surface area contributed by atoms with E-state index in [9.17, 15) is 0 Å².